The van der Waals surface area contributed by atoms with Gasteiger partial charge in [-0.2, -0.15) is 0 Å². The summed E-state index contributed by atoms with van der Waals surface area (Å²) in [7, 11) is 0. The summed E-state index contributed by atoms with van der Waals surface area (Å²) < 4.78 is 0. The second-order valence-corrected chi connectivity index (χ2v) is 7.40. The van der Waals surface area contributed by atoms with Gasteiger partial charge in [0.15, 0.2) is 0 Å². The number of nitrogens with zero attached hydrogens (tertiary/aromatic N) is 1. The van der Waals surface area contributed by atoms with Gasteiger partial charge in [-0.1, -0.05) is 52.9 Å². The second kappa shape index (κ2) is 8.38. The maximum Gasteiger partial charge on any atom is 0.0252 e. The van der Waals surface area contributed by atoms with Crippen LogP contribution < -0.4 is 5.32 Å². The highest BCUT2D eigenvalue weighted by atomic mass is 15.2. The van der Waals surface area contributed by atoms with Gasteiger partial charge in [-0.05, 0) is 38.1 Å². The first kappa shape index (κ1) is 16.3. The Morgan fingerprint density at radius 3 is 2.25 bits per heavy atom. The van der Waals surface area contributed by atoms with Gasteiger partial charge in [0.1, 0.15) is 0 Å². The summed E-state index contributed by atoms with van der Waals surface area (Å²) in [6.45, 7) is 9.48. The van der Waals surface area contributed by atoms with Crippen LogP contribution in [0, 0.1) is 5.92 Å². The van der Waals surface area contributed by atoms with E-state index in [1.165, 1.54) is 64.3 Å². The number of nitrogens with one attached hydrogen (secondary N) is 1. The molecule has 0 aromatic heterocycles. The Bertz CT molecular complexity index is 258. The molecule has 2 aliphatic carbocycles. The SMILES string of the molecule is CCNC1CCCCCC1N(CC(C)C)C1CCCC1. The molecule has 0 amide bonds. The Balaban J connectivity index is 2.09. The third kappa shape index (κ3) is 4.46. The van der Waals surface area contributed by atoms with Crippen molar-refractivity contribution in [3.63, 3.8) is 0 Å². The van der Waals surface area contributed by atoms with Gasteiger partial charge in [0.2, 0.25) is 0 Å². The van der Waals surface area contributed by atoms with Crippen molar-refractivity contribution in [2.75, 3.05) is 13.1 Å². The molecule has 2 aliphatic rings. The highest BCUT2D eigenvalue weighted by Gasteiger charge is 2.34. The van der Waals surface area contributed by atoms with Crippen molar-refractivity contribution in [2.45, 2.75) is 96.7 Å². The zero-order valence-corrected chi connectivity index (χ0v) is 14.0. The summed E-state index contributed by atoms with van der Waals surface area (Å²) in [4.78, 5) is 2.93. The number of hydrogen-bond donors (Lipinski definition) is 1. The molecule has 2 saturated carbocycles. The highest BCUT2D eigenvalue weighted by Crippen LogP contribution is 2.31. The van der Waals surface area contributed by atoms with Gasteiger partial charge < -0.3 is 5.32 Å². The zero-order valence-electron chi connectivity index (χ0n) is 14.0. The van der Waals surface area contributed by atoms with Crippen LogP contribution in [0.2, 0.25) is 0 Å². The molecule has 2 nitrogen and oxygen atoms in total. The highest BCUT2D eigenvalue weighted by molar-refractivity contribution is 4.91. The smallest absolute Gasteiger partial charge is 0.0252 e. The van der Waals surface area contributed by atoms with Crippen molar-refractivity contribution in [3.05, 3.63) is 0 Å². The van der Waals surface area contributed by atoms with E-state index in [4.69, 9.17) is 0 Å². The van der Waals surface area contributed by atoms with Gasteiger partial charge in [-0.3, -0.25) is 4.90 Å². The summed E-state index contributed by atoms with van der Waals surface area (Å²) in [5, 5.41) is 3.81. The van der Waals surface area contributed by atoms with Crippen LogP contribution in [-0.4, -0.2) is 36.1 Å². The third-order valence-corrected chi connectivity index (χ3v) is 5.24. The fourth-order valence-corrected chi connectivity index (χ4v) is 4.40. The van der Waals surface area contributed by atoms with E-state index < -0.39 is 0 Å². The topological polar surface area (TPSA) is 15.3 Å². The zero-order chi connectivity index (χ0) is 14.4. The molecule has 20 heavy (non-hydrogen) atoms. The van der Waals surface area contributed by atoms with Crippen molar-refractivity contribution >= 4 is 0 Å². The van der Waals surface area contributed by atoms with Gasteiger partial charge in [-0.15, -0.1) is 0 Å². The van der Waals surface area contributed by atoms with E-state index in [0.717, 1.165) is 30.6 Å². The van der Waals surface area contributed by atoms with E-state index in [2.05, 4.69) is 31.0 Å². The van der Waals surface area contributed by atoms with Crippen LogP contribution in [0.4, 0.5) is 0 Å². The molecule has 0 radical (unpaired) electrons. The molecule has 0 spiro atoms. The van der Waals surface area contributed by atoms with E-state index in [1.54, 1.807) is 0 Å². The van der Waals surface area contributed by atoms with Crippen molar-refractivity contribution in [1.29, 1.82) is 0 Å². The first-order chi connectivity index (χ1) is 9.72. The number of rotatable bonds is 6. The Morgan fingerprint density at radius 2 is 1.60 bits per heavy atom. The number of hydrogen-bond acceptors (Lipinski definition) is 2. The quantitative estimate of drug-likeness (QED) is 0.734. The Morgan fingerprint density at radius 1 is 0.950 bits per heavy atom. The van der Waals surface area contributed by atoms with Crippen LogP contribution in [-0.2, 0) is 0 Å². The molecule has 0 saturated heterocycles. The maximum absolute atomic E-state index is 3.81. The van der Waals surface area contributed by atoms with E-state index in [9.17, 15) is 0 Å². The van der Waals surface area contributed by atoms with Gasteiger partial charge in [0, 0.05) is 24.7 Å². The molecule has 0 aromatic rings. The third-order valence-electron chi connectivity index (χ3n) is 5.24. The minimum atomic E-state index is 0.738. The first-order valence-corrected chi connectivity index (χ1v) is 9.21. The van der Waals surface area contributed by atoms with E-state index in [0.29, 0.717) is 0 Å². The Kier molecular flexibility index (Phi) is 6.83. The minimum Gasteiger partial charge on any atom is -0.313 e. The summed E-state index contributed by atoms with van der Waals surface area (Å²) in [5.74, 6) is 0.793. The molecule has 0 bridgehead atoms. The predicted octanol–water partition coefficient (Wildman–Crippen LogP) is 4.20. The molecule has 2 rings (SSSR count). The van der Waals surface area contributed by atoms with Crippen LogP contribution in [0.25, 0.3) is 0 Å². The Labute approximate surface area is 126 Å². The summed E-state index contributed by atoms with van der Waals surface area (Å²) >= 11 is 0. The monoisotopic (exact) mass is 280 g/mol. The summed E-state index contributed by atoms with van der Waals surface area (Å²) in [6.07, 6.45) is 12.9. The molecule has 118 valence electrons. The van der Waals surface area contributed by atoms with Gasteiger partial charge in [-0.25, -0.2) is 0 Å². The molecular formula is C18H36N2. The number of likely N-dealkylation sites (N-methyl/N-ethyl adjacent to an activating group) is 1. The lowest BCUT2D eigenvalue weighted by Gasteiger charge is -2.41. The molecule has 0 aliphatic heterocycles. The van der Waals surface area contributed by atoms with Crippen LogP contribution >= 0.6 is 0 Å². The molecule has 2 heteroatoms. The average molecular weight is 281 g/mol. The first-order valence-electron chi connectivity index (χ1n) is 9.21. The van der Waals surface area contributed by atoms with Crippen LogP contribution in [0.5, 0.6) is 0 Å². The fraction of sp³-hybridized carbons (Fsp3) is 1.00. The maximum atomic E-state index is 3.81. The molecule has 0 heterocycles. The lowest BCUT2D eigenvalue weighted by atomic mass is 9.97. The van der Waals surface area contributed by atoms with Gasteiger partial charge in [0.25, 0.3) is 0 Å². The fourth-order valence-electron chi connectivity index (χ4n) is 4.40. The van der Waals surface area contributed by atoms with Crippen molar-refractivity contribution in [2.24, 2.45) is 5.92 Å². The Hall–Kier alpha value is -0.0800. The molecular weight excluding hydrogens is 244 g/mol. The molecule has 2 atom stereocenters. The van der Waals surface area contributed by atoms with Crippen LogP contribution in [0.1, 0.15) is 78.6 Å². The second-order valence-electron chi connectivity index (χ2n) is 7.40. The largest absolute Gasteiger partial charge is 0.313 e. The van der Waals surface area contributed by atoms with Crippen molar-refractivity contribution < 1.29 is 0 Å². The molecule has 0 aromatic carbocycles. The van der Waals surface area contributed by atoms with Crippen LogP contribution in [0.15, 0.2) is 0 Å². The standard InChI is InChI=1S/C18H36N2/c1-4-19-17-12-6-5-7-13-18(17)20(14-15(2)3)16-10-8-9-11-16/h15-19H,4-14H2,1-3H3. The average Bonchev–Trinajstić information content (AvgIpc) is 2.84. The van der Waals surface area contributed by atoms with Gasteiger partial charge >= 0.3 is 0 Å². The van der Waals surface area contributed by atoms with E-state index in [-0.39, 0.29) is 0 Å². The molecule has 2 fully saturated rings. The van der Waals surface area contributed by atoms with E-state index in [1.807, 2.05) is 0 Å². The lowest BCUT2D eigenvalue weighted by molar-refractivity contribution is 0.0865. The minimum absolute atomic E-state index is 0.738. The van der Waals surface area contributed by atoms with Crippen molar-refractivity contribution in [1.82, 2.24) is 10.2 Å². The predicted molar refractivity (Wildman–Crippen MR) is 88.1 cm³/mol. The molecule has 1 N–H and O–H groups in total. The normalized spacial score (nSPS) is 29.2. The molecule has 2 unspecified atom stereocenters. The van der Waals surface area contributed by atoms with Crippen LogP contribution in [0.3, 0.4) is 0 Å². The van der Waals surface area contributed by atoms with Crippen molar-refractivity contribution in [3.8, 4) is 0 Å². The summed E-state index contributed by atoms with van der Waals surface area (Å²) in [5.41, 5.74) is 0. The van der Waals surface area contributed by atoms with Gasteiger partial charge in [0.05, 0.1) is 0 Å². The summed E-state index contributed by atoms with van der Waals surface area (Å²) in [6, 6.07) is 2.41. The van der Waals surface area contributed by atoms with E-state index >= 15 is 0 Å². The lowest BCUT2D eigenvalue weighted by Crippen LogP contribution is -2.53.